The smallest absolute Gasteiger partial charge is 0.0392 e. The van der Waals surface area contributed by atoms with Gasteiger partial charge in [-0.3, -0.25) is 0 Å². The van der Waals surface area contributed by atoms with Crippen LogP contribution in [0.2, 0.25) is 0 Å². The fourth-order valence-corrected chi connectivity index (χ4v) is 3.81. The lowest BCUT2D eigenvalue weighted by atomic mass is 9.74. The van der Waals surface area contributed by atoms with Crippen molar-refractivity contribution >= 4 is 21.5 Å². The van der Waals surface area contributed by atoms with Gasteiger partial charge in [0.05, 0.1) is 0 Å². The van der Waals surface area contributed by atoms with Gasteiger partial charge in [0.2, 0.25) is 0 Å². The van der Waals surface area contributed by atoms with E-state index in [1.807, 2.05) is 0 Å². The minimum absolute atomic E-state index is 0.169. The summed E-state index contributed by atoms with van der Waals surface area (Å²) in [7, 11) is 0. The Morgan fingerprint density at radius 2 is 1.88 bits per heavy atom. The van der Waals surface area contributed by atoms with Crippen molar-refractivity contribution in [3.05, 3.63) is 53.1 Å². The summed E-state index contributed by atoms with van der Waals surface area (Å²) in [5, 5.41) is 0. The first-order valence-electron chi connectivity index (χ1n) is 6.20. The SMILES string of the molecule is CC1C2=C(C=CC1Br)c1ccccc1C2(C)C. The zero-order valence-electron chi connectivity index (χ0n) is 10.5. The van der Waals surface area contributed by atoms with Crippen LogP contribution < -0.4 is 0 Å². The Bertz CT molecular complexity index is 534. The van der Waals surface area contributed by atoms with E-state index >= 15 is 0 Å². The second-order valence-corrected chi connectivity index (χ2v) is 6.65. The molecular weight excluding hydrogens is 272 g/mol. The van der Waals surface area contributed by atoms with Crippen LogP contribution in [0.5, 0.6) is 0 Å². The molecule has 17 heavy (non-hydrogen) atoms. The maximum absolute atomic E-state index is 3.77. The minimum atomic E-state index is 0.169. The molecule has 0 aromatic heterocycles. The Hall–Kier alpha value is -0.820. The molecule has 0 bridgehead atoms. The maximum Gasteiger partial charge on any atom is 0.0392 e. The Balaban J connectivity index is 2.27. The summed E-state index contributed by atoms with van der Waals surface area (Å²) in [5.74, 6) is 0.567. The molecule has 0 spiro atoms. The van der Waals surface area contributed by atoms with Gasteiger partial charge in [0, 0.05) is 10.2 Å². The van der Waals surface area contributed by atoms with Gasteiger partial charge in [-0.05, 0) is 28.2 Å². The van der Waals surface area contributed by atoms with E-state index in [4.69, 9.17) is 0 Å². The number of benzene rings is 1. The molecule has 1 aromatic carbocycles. The molecule has 1 heteroatoms. The van der Waals surface area contributed by atoms with Crippen LogP contribution in [0.25, 0.3) is 5.57 Å². The first kappa shape index (κ1) is 11.3. The molecule has 2 atom stereocenters. The van der Waals surface area contributed by atoms with Gasteiger partial charge in [0.25, 0.3) is 0 Å². The highest BCUT2D eigenvalue weighted by molar-refractivity contribution is 9.09. The van der Waals surface area contributed by atoms with Gasteiger partial charge < -0.3 is 0 Å². The largest absolute Gasteiger partial charge is 0.0839 e. The van der Waals surface area contributed by atoms with Gasteiger partial charge in [-0.15, -0.1) is 0 Å². The van der Waals surface area contributed by atoms with Crippen LogP contribution >= 0.6 is 15.9 Å². The van der Waals surface area contributed by atoms with Crippen molar-refractivity contribution in [2.24, 2.45) is 5.92 Å². The summed E-state index contributed by atoms with van der Waals surface area (Å²) < 4.78 is 0. The number of hydrogen-bond acceptors (Lipinski definition) is 0. The summed E-state index contributed by atoms with van der Waals surface area (Å²) in [5.41, 5.74) is 6.11. The molecule has 0 nitrogen and oxygen atoms in total. The van der Waals surface area contributed by atoms with Crippen LogP contribution in [-0.2, 0) is 5.41 Å². The minimum Gasteiger partial charge on any atom is -0.0839 e. The molecule has 1 aromatic rings. The van der Waals surface area contributed by atoms with E-state index in [-0.39, 0.29) is 5.41 Å². The number of fused-ring (bicyclic) bond motifs is 2. The standard InChI is InChI=1S/C16H17Br/c1-10-14(17)9-8-12-11-6-4-5-7-13(11)16(2,3)15(10)12/h4-10,14H,1-3H3. The fraction of sp³-hybridized carbons (Fsp3) is 0.375. The van der Waals surface area contributed by atoms with Crippen LogP contribution in [0.3, 0.4) is 0 Å². The molecule has 88 valence electrons. The average molecular weight is 289 g/mol. The van der Waals surface area contributed by atoms with Gasteiger partial charge in [0.15, 0.2) is 0 Å². The van der Waals surface area contributed by atoms with Crippen molar-refractivity contribution in [2.75, 3.05) is 0 Å². The topological polar surface area (TPSA) is 0 Å². The van der Waals surface area contributed by atoms with Gasteiger partial charge in [-0.2, -0.15) is 0 Å². The summed E-state index contributed by atoms with van der Waals surface area (Å²) in [6.07, 6.45) is 4.57. The lowest BCUT2D eigenvalue weighted by molar-refractivity contribution is 0.538. The summed E-state index contributed by atoms with van der Waals surface area (Å²) >= 11 is 3.77. The molecular formula is C16H17Br. The average Bonchev–Trinajstić information content (AvgIpc) is 2.54. The van der Waals surface area contributed by atoms with Crippen molar-refractivity contribution in [1.29, 1.82) is 0 Å². The van der Waals surface area contributed by atoms with Crippen molar-refractivity contribution < 1.29 is 0 Å². The molecule has 2 aliphatic carbocycles. The number of hydrogen-bond donors (Lipinski definition) is 0. The van der Waals surface area contributed by atoms with E-state index in [1.54, 1.807) is 5.57 Å². The number of halogens is 1. The third-order valence-corrected chi connectivity index (χ3v) is 5.33. The number of allylic oxidation sites excluding steroid dienone is 4. The molecule has 0 radical (unpaired) electrons. The third-order valence-electron chi connectivity index (χ3n) is 4.23. The highest BCUT2D eigenvalue weighted by Gasteiger charge is 2.41. The van der Waals surface area contributed by atoms with Crippen LogP contribution in [0.1, 0.15) is 31.9 Å². The Kier molecular flexibility index (Phi) is 2.38. The van der Waals surface area contributed by atoms with Crippen LogP contribution in [-0.4, -0.2) is 4.83 Å². The molecule has 2 aliphatic rings. The van der Waals surface area contributed by atoms with E-state index in [0.717, 1.165) is 0 Å². The number of rotatable bonds is 0. The van der Waals surface area contributed by atoms with E-state index in [2.05, 4.69) is 73.1 Å². The lowest BCUT2D eigenvalue weighted by Crippen LogP contribution is -2.26. The van der Waals surface area contributed by atoms with Gasteiger partial charge in [0.1, 0.15) is 0 Å². The fourth-order valence-electron chi connectivity index (χ4n) is 3.40. The summed E-state index contributed by atoms with van der Waals surface area (Å²) in [4.78, 5) is 0.467. The molecule has 2 unspecified atom stereocenters. The third kappa shape index (κ3) is 1.41. The molecule has 0 heterocycles. The van der Waals surface area contributed by atoms with E-state index in [1.165, 1.54) is 16.7 Å². The lowest BCUT2D eigenvalue weighted by Gasteiger charge is -2.32. The predicted molar refractivity (Wildman–Crippen MR) is 77.4 cm³/mol. The molecule has 0 aliphatic heterocycles. The Morgan fingerprint density at radius 1 is 1.18 bits per heavy atom. The molecule has 0 saturated carbocycles. The quantitative estimate of drug-likeness (QED) is 0.607. The second-order valence-electron chi connectivity index (χ2n) is 5.59. The van der Waals surface area contributed by atoms with Crippen molar-refractivity contribution in [3.63, 3.8) is 0 Å². The zero-order valence-corrected chi connectivity index (χ0v) is 12.1. The normalized spacial score (nSPS) is 29.2. The van der Waals surface area contributed by atoms with Gasteiger partial charge in [-0.1, -0.05) is 73.1 Å². The van der Waals surface area contributed by atoms with E-state index in [9.17, 15) is 0 Å². The van der Waals surface area contributed by atoms with Crippen molar-refractivity contribution in [2.45, 2.75) is 31.0 Å². The van der Waals surface area contributed by atoms with Crippen molar-refractivity contribution in [3.8, 4) is 0 Å². The van der Waals surface area contributed by atoms with Gasteiger partial charge in [-0.25, -0.2) is 0 Å². The van der Waals surface area contributed by atoms with E-state index < -0.39 is 0 Å². The molecule has 0 N–H and O–H groups in total. The van der Waals surface area contributed by atoms with Crippen LogP contribution in [0, 0.1) is 5.92 Å². The van der Waals surface area contributed by atoms with Gasteiger partial charge >= 0.3 is 0 Å². The van der Waals surface area contributed by atoms with Crippen molar-refractivity contribution in [1.82, 2.24) is 0 Å². The predicted octanol–water partition coefficient (Wildman–Crippen LogP) is 4.70. The second kappa shape index (κ2) is 3.58. The first-order valence-corrected chi connectivity index (χ1v) is 7.12. The van der Waals surface area contributed by atoms with Crippen LogP contribution in [0.4, 0.5) is 0 Å². The maximum atomic E-state index is 3.77. The van der Waals surface area contributed by atoms with Crippen LogP contribution in [0.15, 0.2) is 42.0 Å². The number of alkyl halides is 1. The summed E-state index contributed by atoms with van der Waals surface area (Å²) in [6.45, 7) is 7.03. The highest BCUT2D eigenvalue weighted by Crippen LogP contribution is 2.52. The molecule has 0 amide bonds. The molecule has 0 fully saturated rings. The molecule has 3 rings (SSSR count). The summed E-state index contributed by atoms with van der Waals surface area (Å²) in [6, 6.07) is 8.82. The highest BCUT2D eigenvalue weighted by atomic mass is 79.9. The van der Waals surface area contributed by atoms with E-state index in [0.29, 0.717) is 10.7 Å². The first-order chi connectivity index (χ1) is 8.03. The Morgan fingerprint density at radius 3 is 2.65 bits per heavy atom. The zero-order chi connectivity index (χ0) is 12.2. The Labute approximate surface area is 112 Å². The molecule has 0 saturated heterocycles. The monoisotopic (exact) mass is 288 g/mol.